The van der Waals surface area contributed by atoms with Crippen LogP contribution in [0.2, 0.25) is 0 Å². The Morgan fingerprint density at radius 1 is 0.826 bits per heavy atom. The fourth-order valence-electron chi connectivity index (χ4n) is 2.45. The van der Waals surface area contributed by atoms with Crippen LogP contribution in [-0.4, -0.2) is 0 Å². The van der Waals surface area contributed by atoms with E-state index in [9.17, 15) is 22.0 Å². The third kappa shape index (κ3) is 4.30. The monoisotopic (exact) mass is 328 g/mol. The highest BCUT2D eigenvalue weighted by Gasteiger charge is 2.37. The molecular weight excluding hydrogens is 311 g/mol. The van der Waals surface area contributed by atoms with Crippen LogP contribution in [0.5, 0.6) is 0 Å². The van der Waals surface area contributed by atoms with E-state index in [0.29, 0.717) is 5.56 Å². The van der Waals surface area contributed by atoms with Gasteiger partial charge in [0.05, 0.1) is 0 Å². The zero-order chi connectivity index (χ0) is 17.0. The average Bonchev–Trinajstić information content (AvgIpc) is 2.46. The van der Waals surface area contributed by atoms with Crippen LogP contribution in [0.1, 0.15) is 37.3 Å². The molecule has 0 aromatic heterocycles. The summed E-state index contributed by atoms with van der Waals surface area (Å²) in [6, 6.07) is 8.44. The van der Waals surface area contributed by atoms with Gasteiger partial charge in [-0.1, -0.05) is 44.0 Å². The molecular formula is C18H17F5. The van der Waals surface area contributed by atoms with Gasteiger partial charge in [0.1, 0.15) is 17.2 Å². The Kier molecular flexibility index (Phi) is 5.39. The lowest BCUT2D eigenvalue weighted by Crippen LogP contribution is -2.11. The molecule has 0 amide bonds. The van der Waals surface area contributed by atoms with Gasteiger partial charge in [0.2, 0.25) is 0 Å². The maximum Gasteiger partial charge on any atom is 0.422 e. The van der Waals surface area contributed by atoms with Gasteiger partial charge in [0, 0.05) is 0 Å². The fraction of sp³-hybridized carbons (Fsp3) is 0.333. The van der Waals surface area contributed by atoms with Gasteiger partial charge in [0.15, 0.2) is 0 Å². The molecule has 5 heteroatoms. The van der Waals surface area contributed by atoms with Gasteiger partial charge in [0.25, 0.3) is 0 Å². The van der Waals surface area contributed by atoms with E-state index in [4.69, 9.17) is 0 Å². The Morgan fingerprint density at radius 3 is 1.87 bits per heavy atom. The summed E-state index contributed by atoms with van der Waals surface area (Å²) in [4.78, 5) is 0. The number of unbranched alkanes of at least 4 members (excludes halogenated alkanes) is 2. The van der Waals surface area contributed by atoms with Crippen LogP contribution >= 0.6 is 0 Å². The summed E-state index contributed by atoms with van der Waals surface area (Å²) in [7, 11) is 0. The highest BCUT2D eigenvalue weighted by molar-refractivity contribution is 5.64. The summed E-state index contributed by atoms with van der Waals surface area (Å²) >= 11 is 0. The number of hydrogen-bond acceptors (Lipinski definition) is 0. The predicted molar refractivity (Wildman–Crippen MR) is 80.0 cm³/mol. The van der Waals surface area contributed by atoms with Crippen molar-refractivity contribution in [3.63, 3.8) is 0 Å². The quantitative estimate of drug-likeness (QED) is 0.441. The molecule has 0 nitrogen and oxygen atoms in total. The summed E-state index contributed by atoms with van der Waals surface area (Å²) in [5.74, 6) is -3.20. The number of hydrogen-bond donors (Lipinski definition) is 0. The van der Waals surface area contributed by atoms with Crippen molar-refractivity contribution in [3.8, 4) is 11.1 Å². The van der Waals surface area contributed by atoms with E-state index in [2.05, 4.69) is 6.92 Å². The van der Waals surface area contributed by atoms with Crippen LogP contribution in [0, 0.1) is 11.6 Å². The molecule has 124 valence electrons. The maximum atomic E-state index is 13.6. The Balaban J connectivity index is 2.25. The SMILES string of the molecule is CCCCCc1ccc(-c2cc(F)c(C(F)(F)F)c(F)c2)cc1. The van der Waals surface area contributed by atoms with Crippen LogP contribution in [0.3, 0.4) is 0 Å². The second-order valence-corrected chi connectivity index (χ2v) is 5.47. The smallest absolute Gasteiger partial charge is 0.206 e. The summed E-state index contributed by atoms with van der Waals surface area (Å²) in [5.41, 5.74) is -0.184. The minimum atomic E-state index is -5.05. The molecule has 0 radical (unpaired) electrons. The normalized spacial score (nSPS) is 11.7. The maximum absolute atomic E-state index is 13.6. The van der Waals surface area contributed by atoms with Gasteiger partial charge >= 0.3 is 6.18 Å². The molecule has 0 fully saturated rings. The van der Waals surface area contributed by atoms with E-state index in [1.165, 1.54) is 0 Å². The fourth-order valence-corrected chi connectivity index (χ4v) is 2.45. The second kappa shape index (κ2) is 7.11. The lowest BCUT2D eigenvalue weighted by molar-refractivity contribution is -0.142. The van der Waals surface area contributed by atoms with E-state index >= 15 is 0 Å². The second-order valence-electron chi connectivity index (χ2n) is 5.47. The van der Waals surface area contributed by atoms with E-state index < -0.39 is 23.4 Å². The Hall–Kier alpha value is -1.91. The minimum absolute atomic E-state index is 0.0908. The molecule has 0 aliphatic rings. The van der Waals surface area contributed by atoms with Gasteiger partial charge in [-0.2, -0.15) is 13.2 Å². The van der Waals surface area contributed by atoms with Gasteiger partial charge in [-0.25, -0.2) is 8.78 Å². The molecule has 0 aliphatic carbocycles. The summed E-state index contributed by atoms with van der Waals surface area (Å²) in [6.45, 7) is 2.11. The largest absolute Gasteiger partial charge is 0.422 e. The molecule has 0 spiro atoms. The Labute approximate surface area is 132 Å². The summed E-state index contributed by atoms with van der Waals surface area (Å²) < 4.78 is 64.9. The highest BCUT2D eigenvalue weighted by atomic mass is 19.4. The van der Waals surface area contributed by atoms with Crippen LogP contribution in [-0.2, 0) is 12.6 Å². The first-order valence-corrected chi connectivity index (χ1v) is 7.48. The summed E-state index contributed by atoms with van der Waals surface area (Å²) in [5, 5.41) is 0. The Bertz CT molecular complexity index is 633. The van der Waals surface area contributed by atoms with Crippen molar-refractivity contribution in [3.05, 3.63) is 59.2 Å². The van der Waals surface area contributed by atoms with Gasteiger partial charge < -0.3 is 0 Å². The molecule has 2 aromatic carbocycles. The molecule has 2 aromatic rings. The van der Waals surface area contributed by atoms with E-state index in [0.717, 1.165) is 43.4 Å². The summed E-state index contributed by atoms with van der Waals surface area (Å²) in [6.07, 6.45) is -0.849. The third-order valence-corrected chi connectivity index (χ3v) is 3.68. The predicted octanol–water partition coefficient (Wildman–Crippen LogP) is 6.38. The number of aryl methyl sites for hydroxylation is 1. The van der Waals surface area contributed by atoms with Crippen molar-refractivity contribution in [1.29, 1.82) is 0 Å². The molecule has 0 aliphatic heterocycles. The molecule has 0 heterocycles. The number of alkyl halides is 3. The van der Waals surface area contributed by atoms with Crippen LogP contribution < -0.4 is 0 Å². The van der Waals surface area contributed by atoms with Gasteiger partial charge in [-0.15, -0.1) is 0 Å². The van der Waals surface area contributed by atoms with Crippen molar-refractivity contribution in [2.24, 2.45) is 0 Å². The molecule has 0 saturated carbocycles. The van der Waals surface area contributed by atoms with Gasteiger partial charge in [-0.3, -0.25) is 0 Å². The van der Waals surface area contributed by atoms with Crippen LogP contribution in [0.25, 0.3) is 11.1 Å². The molecule has 23 heavy (non-hydrogen) atoms. The molecule has 0 N–H and O–H groups in total. The first-order chi connectivity index (χ1) is 10.8. The van der Waals surface area contributed by atoms with Crippen LogP contribution in [0.15, 0.2) is 36.4 Å². The zero-order valence-corrected chi connectivity index (χ0v) is 12.7. The third-order valence-electron chi connectivity index (χ3n) is 3.68. The lowest BCUT2D eigenvalue weighted by Gasteiger charge is -2.11. The standard InChI is InChI=1S/C18H17F5/c1-2-3-4-5-12-6-8-13(9-7-12)14-10-15(19)17(16(20)11-14)18(21,22)23/h6-11H,2-5H2,1H3. The van der Waals surface area contributed by atoms with E-state index in [1.54, 1.807) is 12.1 Å². The van der Waals surface area contributed by atoms with Crippen molar-refractivity contribution >= 4 is 0 Å². The number of halogens is 5. The van der Waals surface area contributed by atoms with Crippen molar-refractivity contribution in [2.45, 2.75) is 38.8 Å². The highest BCUT2D eigenvalue weighted by Crippen LogP contribution is 2.35. The Morgan fingerprint density at radius 2 is 1.39 bits per heavy atom. The molecule has 2 rings (SSSR count). The van der Waals surface area contributed by atoms with E-state index in [-0.39, 0.29) is 5.56 Å². The van der Waals surface area contributed by atoms with Crippen molar-refractivity contribution in [1.82, 2.24) is 0 Å². The molecule has 0 bridgehead atoms. The van der Waals surface area contributed by atoms with Crippen LogP contribution in [0.4, 0.5) is 22.0 Å². The molecule has 0 atom stereocenters. The van der Waals surface area contributed by atoms with Gasteiger partial charge in [-0.05, 0) is 41.7 Å². The van der Waals surface area contributed by atoms with Crippen molar-refractivity contribution in [2.75, 3.05) is 0 Å². The number of benzene rings is 2. The van der Waals surface area contributed by atoms with Crippen molar-refractivity contribution < 1.29 is 22.0 Å². The van der Waals surface area contributed by atoms with E-state index in [1.807, 2.05) is 12.1 Å². The molecule has 0 saturated heterocycles. The number of rotatable bonds is 5. The molecule has 0 unspecified atom stereocenters. The lowest BCUT2D eigenvalue weighted by atomic mass is 9.99. The topological polar surface area (TPSA) is 0 Å². The average molecular weight is 328 g/mol. The zero-order valence-electron chi connectivity index (χ0n) is 12.7. The first-order valence-electron chi connectivity index (χ1n) is 7.48. The first kappa shape index (κ1) is 17.4. The minimum Gasteiger partial charge on any atom is -0.206 e.